The lowest BCUT2D eigenvalue weighted by Crippen LogP contribution is -2.51. The van der Waals surface area contributed by atoms with E-state index in [1.165, 1.54) is 7.11 Å². The fourth-order valence-corrected chi connectivity index (χ4v) is 1.86. The van der Waals surface area contributed by atoms with Crippen molar-refractivity contribution in [3.63, 3.8) is 0 Å². The van der Waals surface area contributed by atoms with E-state index in [1.54, 1.807) is 24.3 Å². The van der Waals surface area contributed by atoms with Crippen molar-refractivity contribution in [1.82, 2.24) is 0 Å². The minimum absolute atomic E-state index is 0.207. The van der Waals surface area contributed by atoms with Crippen LogP contribution >= 0.6 is 0 Å². The molecular formula is C13H17N3O4. The minimum Gasteiger partial charge on any atom is -0.453 e. The Kier molecular flexibility index (Phi) is 4.21. The summed E-state index contributed by atoms with van der Waals surface area (Å²) in [5, 5.41) is 5.24. The van der Waals surface area contributed by atoms with Gasteiger partial charge in [0.05, 0.1) is 13.7 Å². The van der Waals surface area contributed by atoms with Crippen LogP contribution in [0.15, 0.2) is 24.3 Å². The van der Waals surface area contributed by atoms with Crippen molar-refractivity contribution < 1.29 is 19.1 Å². The van der Waals surface area contributed by atoms with Crippen LogP contribution in [-0.4, -0.2) is 37.9 Å². The maximum absolute atomic E-state index is 12.1. The van der Waals surface area contributed by atoms with Gasteiger partial charge < -0.3 is 20.5 Å². The number of benzene rings is 1. The summed E-state index contributed by atoms with van der Waals surface area (Å²) in [6.45, 7) is 0.687. The molecule has 1 fully saturated rings. The smallest absolute Gasteiger partial charge is 0.411 e. The third-order valence-electron chi connectivity index (χ3n) is 3.06. The van der Waals surface area contributed by atoms with Crippen molar-refractivity contribution in [2.45, 2.75) is 12.0 Å². The summed E-state index contributed by atoms with van der Waals surface area (Å²) in [6, 6.07) is 6.71. The normalized spacial score (nSPS) is 21.3. The lowest BCUT2D eigenvalue weighted by Gasteiger charge is -2.20. The highest BCUT2D eigenvalue weighted by molar-refractivity contribution is 5.99. The fourth-order valence-electron chi connectivity index (χ4n) is 1.86. The standard InChI is InChI=1S/C13H17N3O4/c1-19-12(18)16-10-4-2-3-9(7-10)15-11(17)13(14)5-6-20-8-13/h2-4,7H,5-6,8,14H2,1H3,(H,15,17)(H,16,18). The Hall–Kier alpha value is -2.12. The average molecular weight is 279 g/mol. The minimum atomic E-state index is -0.994. The summed E-state index contributed by atoms with van der Waals surface area (Å²) in [7, 11) is 1.28. The molecule has 7 nitrogen and oxygen atoms in total. The molecule has 1 unspecified atom stereocenters. The van der Waals surface area contributed by atoms with Gasteiger partial charge in [-0.2, -0.15) is 0 Å². The lowest BCUT2D eigenvalue weighted by molar-refractivity contribution is -0.121. The van der Waals surface area contributed by atoms with E-state index in [1.807, 2.05) is 0 Å². The molecule has 0 radical (unpaired) electrons. The molecule has 1 aliphatic rings. The highest BCUT2D eigenvalue weighted by Crippen LogP contribution is 2.20. The highest BCUT2D eigenvalue weighted by atomic mass is 16.5. The molecule has 1 heterocycles. The second-order valence-corrected chi connectivity index (χ2v) is 4.61. The summed E-state index contributed by atoms with van der Waals surface area (Å²) in [4.78, 5) is 23.2. The van der Waals surface area contributed by atoms with Crippen LogP contribution in [0.3, 0.4) is 0 Å². The van der Waals surface area contributed by atoms with Crippen LogP contribution in [0.25, 0.3) is 0 Å². The van der Waals surface area contributed by atoms with E-state index in [-0.39, 0.29) is 12.5 Å². The van der Waals surface area contributed by atoms with Gasteiger partial charge in [0.2, 0.25) is 5.91 Å². The van der Waals surface area contributed by atoms with Crippen LogP contribution in [0.1, 0.15) is 6.42 Å². The molecule has 0 saturated carbocycles. The van der Waals surface area contributed by atoms with Gasteiger partial charge in [-0.25, -0.2) is 4.79 Å². The number of carbonyl (C=O) groups is 2. The van der Waals surface area contributed by atoms with E-state index in [4.69, 9.17) is 10.5 Å². The number of anilines is 2. The van der Waals surface area contributed by atoms with Gasteiger partial charge in [0, 0.05) is 18.0 Å². The Balaban J connectivity index is 2.04. The molecule has 4 N–H and O–H groups in total. The first-order chi connectivity index (χ1) is 9.53. The van der Waals surface area contributed by atoms with Gasteiger partial charge in [0.25, 0.3) is 0 Å². The van der Waals surface area contributed by atoms with Crippen molar-refractivity contribution in [1.29, 1.82) is 0 Å². The van der Waals surface area contributed by atoms with Crippen molar-refractivity contribution in [2.75, 3.05) is 31.0 Å². The van der Waals surface area contributed by atoms with Crippen molar-refractivity contribution >= 4 is 23.4 Å². The number of hydrogen-bond donors (Lipinski definition) is 3. The summed E-state index contributed by atoms with van der Waals surface area (Å²) < 4.78 is 9.65. The molecule has 1 aliphatic heterocycles. The Morgan fingerprint density at radius 1 is 1.35 bits per heavy atom. The quantitative estimate of drug-likeness (QED) is 0.763. The van der Waals surface area contributed by atoms with Crippen LogP contribution < -0.4 is 16.4 Å². The zero-order valence-corrected chi connectivity index (χ0v) is 11.1. The zero-order valence-electron chi connectivity index (χ0n) is 11.1. The number of nitrogens with one attached hydrogen (secondary N) is 2. The van der Waals surface area contributed by atoms with Gasteiger partial charge in [0.15, 0.2) is 0 Å². The summed E-state index contributed by atoms with van der Waals surface area (Å²) in [5.74, 6) is -0.301. The lowest BCUT2D eigenvalue weighted by atomic mass is 9.99. The number of rotatable bonds is 3. The maximum Gasteiger partial charge on any atom is 0.411 e. The van der Waals surface area contributed by atoms with Crippen LogP contribution in [0.2, 0.25) is 0 Å². The van der Waals surface area contributed by atoms with Crippen molar-refractivity contribution in [3.05, 3.63) is 24.3 Å². The average Bonchev–Trinajstić information content (AvgIpc) is 2.87. The van der Waals surface area contributed by atoms with E-state index in [2.05, 4.69) is 15.4 Å². The molecule has 20 heavy (non-hydrogen) atoms. The SMILES string of the molecule is COC(=O)Nc1cccc(NC(=O)C2(N)CCOC2)c1. The molecular weight excluding hydrogens is 262 g/mol. The van der Waals surface area contributed by atoms with Gasteiger partial charge in [-0.1, -0.05) is 6.07 Å². The summed E-state index contributed by atoms with van der Waals surface area (Å²) in [6.07, 6.45) is -0.0909. The Morgan fingerprint density at radius 3 is 2.65 bits per heavy atom. The number of methoxy groups -OCH3 is 1. The van der Waals surface area contributed by atoms with E-state index in [0.29, 0.717) is 24.4 Å². The summed E-state index contributed by atoms with van der Waals surface area (Å²) in [5.41, 5.74) is 6.03. The van der Waals surface area contributed by atoms with Gasteiger partial charge in [0.1, 0.15) is 5.54 Å². The number of hydrogen-bond acceptors (Lipinski definition) is 5. The molecule has 2 amide bonds. The topological polar surface area (TPSA) is 103 Å². The van der Waals surface area contributed by atoms with Crippen LogP contribution in [-0.2, 0) is 14.3 Å². The number of nitrogens with two attached hydrogens (primary N) is 1. The molecule has 0 aromatic heterocycles. The van der Waals surface area contributed by atoms with Crippen molar-refractivity contribution in [3.8, 4) is 0 Å². The Morgan fingerprint density at radius 2 is 2.05 bits per heavy atom. The molecule has 0 aliphatic carbocycles. The van der Waals surface area contributed by atoms with Gasteiger partial charge in [-0.15, -0.1) is 0 Å². The first-order valence-electron chi connectivity index (χ1n) is 6.17. The van der Waals surface area contributed by atoms with Crippen LogP contribution in [0.5, 0.6) is 0 Å². The van der Waals surface area contributed by atoms with E-state index < -0.39 is 11.6 Å². The van der Waals surface area contributed by atoms with E-state index in [9.17, 15) is 9.59 Å². The molecule has 2 rings (SSSR count). The predicted molar refractivity (Wildman–Crippen MR) is 73.5 cm³/mol. The van der Waals surface area contributed by atoms with Crippen molar-refractivity contribution in [2.24, 2.45) is 5.73 Å². The molecule has 108 valence electrons. The monoisotopic (exact) mass is 279 g/mol. The largest absolute Gasteiger partial charge is 0.453 e. The van der Waals surface area contributed by atoms with Gasteiger partial charge in [-0.05, 0) is 24.6 Å². The van der Waals surface area contributed by atoms with Crippen LogP contribution in [0, 0.1) is 0 Å². The first-order valence-corrected chi connectivity index (χ1v) is 6.17. The predicted octanol–water partition coefficient (Wildman–Crippen LogP) is 0.921. The molecule has 0 bridgehead atoms. The molecule has 1 saturated heterocycles. The molecule has 1 aromatic rings. The highest BCUT2D eigenvalue weighted by Gasteiger charge is 2.38. The third-order valence-corrected chi connectivity index (χ3v) is 3.06. The van der Waals surface area contributed by atoms with E-state index in [0.717, 1.165) is 0 Å². The van der Waals surface area contributed by atoms with E-state index >= 15 is 0 Å². The molecule has 1 atom stereocenters. The fraction of sp³-hybridized carbons (Fsp3) is 0.385. The van der Waals surface area contributed by atoms with Gasteiger partial charge >= 0.3 is 6.09 Å². The number of ether oxygens (including phenoxy) is 2. The maximum atomic E-state index is 12.1. The molecule has 0 spiro atoms. The van der Waals surface area contributed by atoms with Crippen LogP contribution in [0.4, 0.5) is 16.2 Å². The Labute approximate surface area is 116 Å². The number of amides is 2. The first kappa shape index (κ1) is 14.3. The van der Waals surface area contributed by atoms with Gasteiger partial charge in [-0.3, -0.25) is 10.1 Å². The summed E-state index contributed by atoms with van der Waals surface area (Å²) >= 11 is 0. The molecule has 7 heteroatoms. The third kappa shape index (κ3) is 3.25. The second-order valence-electron chi connectivity index (χ2n) is 4.61. The molecule has 1 aromatic carbocycles. The Bertz CT molecular complexity index is 512. The number of carbonyl (C=O) groups excluding carboxylic acids is 2. The zero-order chi connectivity index (χ0) is 14.6. The second kappa shape index (κ2) is 5.89.